The molecule has 7 heteroatoms. The van der Waals surface area contributed by atoms with E-state index in [1.54, 1.807) is 23.7 Å². The molecule has 0 aliphatic carbocycles. The van der Waals surface area contributed by atoms with Crippen LogP contribution in [-0.4, -0.2) is 25.8 Å². The lowest BCUT2D eigenvalue weighted by atomic mass is 10.0. The second-order valence-electron chi connectivity index (χ2n) is 4.40. The Hall–Kier alpha value is -2.34. The van der Waals surface area contributed by atoms with Gasteiger partial charge in [-0.15, -0.1) is 0 Å². The van der Waals surface area contributed by atoms with Crippen molar-refractivity contribution in [3.8, 4) is 0 Å². The number of aromatic nitrogens is 3. The minimum Gasteiger partial charge on any atom is -0.477 e. The number of aliphatic carboxylic acids is 1. The van der Waals surface area contributed by atoms with Crippen LogP contribution in [0.3, 0.4) is 0 Å². The van der Waals surface area contributed by atoms with E-state index in [4.69, 9.17) is 11.6 Å². The highest BCUT2D eigenvalue weighted by atomic mass is 35.5. The number of carboxylic acids is 1. The minimum absolute atomic E-state index is 0.0646. The van der Waals surface area contributed by atoms with E-state index in [9.17, 15) is 9.90 Å². The number of nitrogens with zero attached hydrogens (tertiary/aromatic N) is 3. The van der Waals surface area contributed by atoms with E-state index in [0.717, 1.165) is 5.56 Å². The Morgan fingerprint density at radius 3 is 2.90 bits per heavy atom. The molecular weight excluding hydrogens is 280 g/mol. The third kappa shape index (κ3) is 2.04. The Labute approximate surface area is 119 Å². The summed E-state index contributed by atoms with van der Waals surface area (Å²) < 4.78 is 1.63. The minimum atomic E-state index is -1.05. The predicted octanol–water partition coefficient (Wildman–Crippen LogP) is 2.22. The third-order valence-electron chi connectivity index (χ3n) is 3.03. The van der Waals surface area contributed by atoms with Gasteiger partial charge in [-0.2, -0.15) is 10.1 Å². The van der Waals surface area contributed by atoms with Crippen LogP contribution in [0.5, 0.6) is 0 Å². The van der Waals surface area contributed by atoms with Gasteiger partial charge in [-0.05, 0) is 24.6 Å². The van der Waals surface area contributed by atoms with Gasteiger partial charge in [0.1, 0.15) is 17.6 Å². The molecule has 1 aliphatic heterocycles. The summed E-state index contributed by atoms with van der Waals surface area (Å²) in [6.07, 6.45) is 1.57. The predicted molar refractivity (Wildman–Crippen MR) is 73.7 cm³/mol. The maximum Gasteiger partial charge on any atom is 0.352 e. The normalized spacial score (nSPS) is 17.1. The van der Waals surface area contributed by atoms with Crippen molar-refractivity contribution in [3.63, 3.8) is 0 Å². The monoisotopic (exact) mass is 290 g/mol. The van der Waals surface area contributed by atoms with Crippen LogP contribution in [0.2, 0.25) is 5.02 Å². The zero-order valence-corrected chi connectivity index (χ0v) is 11.3. The van der Waals surface area contributed by atoms with E-state index < -0.39 is 12.0 Å². The fourth-order valence-electron chi connectivity index (χ4n) is 2.16. The van der Waals surface area contributed by atoms with Crippen molar-refractivity contribution >= 4 is 23.5 Å². The summed E-state index contributed by atoms with van der Waals surface area (Å²) in [6.45, 7) is 1.75. The van der Waals surface area contributed by atoms with Gasteiger partial charge in [-0.3, -0.25) is 0 Å². The van der Waals surface area contributed by atoms with Gasteiger partial charge in [0.05, 0.1) is 0 Å². The van der Waals surface area contributed by atoms with Crippen molar-refractivity contribution in [3.05, 3.63) is 52.4 Å². The summed E-state index contributed by atoms with van der Waals surface area (Å²) in [6, 6.07) is 6.88. The maximum absolute atomic E-state index is 11.2. The first-order chi connectivity index (χ1) is 9.56. The Morgan fingerprint density at radius 2 is 2.20 bits per heavy atom. The number of rotatable bonds is 2. The van der Waals surface area contributed by atoms with Crippen LogP contribution >= 0.6 is 11.6 Å². The molecule has 1 unspecified atom stereocenters. The maximum atomic E-state index is 11.2. The summed E-state index contributed by atoms with van der Waals surface area (Å²) in [5, 5.41) is 16.8. The standard InChI is InChI=1S/C13H11ClN4O2/c1-7-15-13-16-10(12(19)20)6-11(18(13)17-7)8-4-2-3-5-9(8)14/h2-6,11H,1H3,(H,19,20)(H,15,16,17). The Bertz CT molecular complexity index is 723. The quantitative estimate of drug-likeness (QED) is 0.886. The second-order valence-corrected chi connectivity index (χ2v) is 4.81. The van der Waals surface area contributed by atoms with E-state index in [1.165, 1.54) is 0 Å². The zero-order chi connectivity index (χ0) is 14.3. The van der Waals surface area contributed by atoms with Crippen molar-refractivity contribution < 1.29 is 9.90 Å². The van der Waals surface area contributed by atoms with Crippen molar-refractivity contribution in [1.82, 2.24) is 14.8 Å². The van der Waals surface area contributed by atoms with Gasteiger partial charge < -0.3 is 10.4 Å². The lowest BCUT2D eigenvalue weighted by Crippen LogP contribution is -2.24. The molecule has 0 spiro atoms. The van der Waals surface area contributed by atoms with Crippen molar-refractivity contribution in [2.45, 2.75) is 13.0 Å². The first-order valence-corrected chi connectivity index (χ1v) is 6.34. The van der Waals surface area contributed by atoms with E-state index in [-0.39, 0.29) is 5.70 Å². The molecule has 2 heterocycles. The number of fused-ring (bicyclic) bond motifs is 1. The molecule has 0 radical (unpaired) electrons. The first kappa shape index (κ1) is 12.7. The van der Waals surface area contributed by atoms with Crippen molar-refractivity contribution in [2.24, 2.45) is 0 Å². The van der Waals surface area contributed by atoms with Crippen LogP contribution < -0.4 is 5.32 Å². The fourth-order valence-corrected chi connectivity index (χ4v) is 2.41. The molecule has 0 fully saturated rings. The molecular formula is C13H11ClN4O2. The molecule has 1 aliphatic rings. The van der Waals surface area contributed by atoms with Gasteiger partial charge in [-0.25, -0.2) is 9.48 Å². The third-order valence-corrected chi connectivity index (χ3v) is 3.37. The average molecular weight is 291 g/mol. The Balaban J connectivity index is 2.17. The Morgan fingerprint density at radius 1 is 1.45 bits per heavy atom. The highest BCUT2D eigenvalue weighted by Gasteiger charge is 2.27. The Kier molecular flexibility index (Phi) is 2.94. The molecule has 2 aromatic rings. The number of carbonyl (C=O) groups is 1. The number of halogens is 1. The molecule has 6 nitrogen and oxygen atoms in total. The highest BCUT2D eigenvalue weighted by Crippen LogP contribution is 2.32. The number of carboxylic acid groups (broad SMARTS) is 1. The van der Waals surface area contributed by atoms with Crippen LogP contribution in [0.15, 0.2) is 36.0 Å². The topological polar surface area (TPSA) is 80.0 Å². The number of hydrogen-bond donors (Lipinski definition) is 2. The van der Waals surface area contributed by atoms with Crippen LogP contribution in [0, 0.1) is 6.92 Å². The number of allylic oxidation sites excluding steroid dienone is 1. The van der Waals surface area contributed by atoms with Gasteiger partial charge in [0.25, 0.3) is 0 Å². The summed E-state index contributed by atoms with van der Waals surface area (Å²) in [5.74, 6) is -0.0918. The number of anilines is 1. The van der Waals surface area contributed by atoms with Crippen LogP contribution in [-0.2, 0) is 4.79 Å². The van der Waals surface area contributed by atoms with E-state index in [1.807, 2.05) is 18.2 Å². The van der Waals surface area contributed by atoms with Crippen molar-refractivity contribution in [1.29, 1.82) is 0 Å². The molecule has 3 rings (SSSR count). The summed E-state index contributed by atoms with van der Waals surface area (Å²) in [5.41, 5.74) is 0.843. The van der Waals surface area contributed by atoms with Crippen LogP contribution in [0.1, 0.15) is 17.4 Å². The molecule has 0 bridgehead atoms. The van der Waals surface area contributed by atoms with Crippen LogP contribution in [0.25, 0.3) is 0 Å². The number of benzene rings is 1. The molecule has 0 saturated heterocycles. The molecule has 0 amide bonds. The SMILES string of the molecule is Cc1nc2n(n1)C(c1ccccc1Cl)C=C(C(=O)O)N2. The van der Waals surface area contributed by atoms with Gasteiger partial charge in [0.15, 0.2) is 0 Å². The van der Waals surface area contributed by atoms with Gasteiger partial charge in [0, 0.05) is 5.02 Å². The van der Waals surface area contributed by atoms with E-state index >= 15 is 0 Å². The van der Waals surface area contributed by atoms with E-state index in [2.05, 4.69) is 15.4 Å². The zero-order valence-electron chi connectivity index (χ0n) is 10.5. The molecule has 102 valence electrons. The van der Waals surface area contributed by atoms with Gasteiger partial charge in [-0.1, -0.05) is 29.8 Å². The smallest absolute Gasteiger partial charge is 0.352 e. The molecule has 1 aromatic carbocycles. The molecule has 1 aromatic heterocycles. The second kappa shape index (κ2) is 4.64. The summed E-state index contributed by atoms with van der Waals surface area (Å²) >= 11 is 6.20. The molecule has 20 heavy (non-hydrogen) atoms. The van der Waals surface area contributed by atoms with Gasteiger partial charge in [0.2, 0.25) is 5.95 Å². The molecule has 1 atom stereocenters. The van der Waals surface area contributed by atoms with Crippen molar-refractivity contribution in [2.75, 3.05) is 5.32 Å². The van der Waals surface area contributed by atoms with E-state index in [0.29, 0.717) is 16.8 Å². The number of aryl methyl sites for hydroxylation is 1. The summed E-state index contributed by atoms with van der Waals surface area (Å²) in [7, 11) is 0. The number of hydrogen-bond acceptors (Lipinski definition) is 4. The van der Waals surface area contributed by atoms with Crippen LogP contribution in [0.4, 0.5) is 5.95 Å². The highest BCUT2D eigenvalue weighted by molar-refractivity contribution is 6.31. The lowest BCUT2D eigenvalue weighted by Gasteiger charge is -2.23. The largest absolute Gasteiger partial charge is 0.477 e. The molecule has 0 saturated carbocycles. The summed E-state index contributed by atoms with van der Waals surface area (Å²) in [4.78, 5) is 15.4. The molecule has 2 N–H and O–H groups in total. The first-order valence-electron chi connectivity index (χ1n) is 5.96. The van der Waals surface area contributed by atoms with Gasteiger partial charge >= 0.3 is 5.97 Å². The average Bonchev–Trinajstić information content (AvgIpc) is 2.78. The lowest BCUT2D eigenvalue weighted by molar-refractivity contribution is -0.132. The number of nitrogens with one attached hydrogen (secondary N) is 1. The fraction of sp³-hybridized carbons (Fsp3) is 0.154.